The molecule has 1 aromatic heterocycles. The third-order valence-electron chi connectivity index (χ3n) is 2.36. The van der Waals surface area contributed by atoms with Crippen LogP contribution in [-0.2, 0) is 0 Å². The van der Waals surface area contributed by atoms with Crippen molar-refractivity contribution in [2.45, 2.75) is 12.3 Å². The van der Waals surface area contributed by atoms with Gasteiger partial charge in [-0.25, -0.2) is 4.39 Å². The van der Waals surface area contributed by atoms with Crippen molar-refractivity contribution in [2.24, 2.45) is 0 Å². The molecule has 0 saturated heterocycles. The fourth-order valence-corrected chi connectivity index (χ4v) is 3.57. The smallest absolute Gasteiger partial charge is 0.129 e. The Morgan fingerprint density at radius 2 is 2.06 bits per heavy atom. The van der Waals surface area contributed by atoms with E-state index in [2.05, 4.69) is 15.9 Å². The highest BCUT2D eigenvalue weighted by Gasteiger charge is 2.18. The lowest BCUT2D eigenvalue weighted by Crippen LogP contribution is -1.94. The molecule has 1 atom stereocenters. The molecule has 0 N–H and O–H groups in total. The van der Waals surface area contributed by atoms with E-state index in [4.69, 9.17) is 23.2 Å². The highest BCUT2D eigenvalue weighted by Crippen LogP contribution is 2.39. The second-order valence-electron chi connectivity index (χ2n) is 3.63. The Kier molecular flexibility index (Phi) is 4.14. The fourth-order valence-electron chi connectivity index (χ4n) is 1.47. The van der Waals surface area contributed by atoms with Crippen LogP contribution in [0.1, 0.15) is 21.4 Å². The van der Waals surface area contributed by atoms with Gasteiger partial charge < -0.3 is 0 Å². The van der Waals surface area contributed by atoms with Gasteiger partial charge in [0.15, 0.2) is 0 Å². The van der Waals surface area contributed by atoms with E-state index in [0.29, 0.717) is 10.6 Å². The van der Waals surface area contributed by atoms with E-state index in [1.165, 1.54) is 17.4 Å². The van der Waals surface area contributed by atoms with Crippen molar-refractivity contribution in [2.75, 3.05) is 0 Å². The topological polar surface area (TPSA) is 0 Å². The van der Waals surface area contributed by atoms with E-state index in [9.17, 15) is 4.39 Å². The van der Waals surface area contributed by atoms with E-state index < -0.39 is 5.38 Å². The predicted molar refractivity (Wildman–Crippen MR) is 75.9 cm³/mol. The zero-order valence-corrected chi connectivity index (χ0v) is 12.7. The Morgan fingerprint density at radius 3 is 2.59 bits per heavy atom. The molecule has 17 heavy (non-hydrogen) atoms. The van der Waals surface area contributed by atoms with E-state index in [-0.39, 0.29) is 5.82 Å². The van der Waals surface area contributed by atoms with Crippen LogP contribution in [-0.4, -0.2) is 0 Å². The molecule has 0 nitrogen and oxygen atoms in total. The minimum atomic E-state index is -0.484. The molecule has 0 bridgehead atoms. The molecule has 0 radical (unpaired) electrons. The van der Waals surface area contributed by atoms with Gasteiger partial charge in [-0.15, -0.1) is 22.9 Å². The summed E-state index contributed by atoms with van der Waals surface area (Å²) in [6, 6.07) is 6.51. The summed E-state index contributed by atoms with van der Waals surface area (Å²) in [5, 5.41) is -0.110. The molecule has 0 amide bonds. The molecule has 0 saturated carbocycles. The molecule has 0 aliphatic heterocycles. The number of aryl methyl sites for hydroxylation is 1. The number of rotatable bonds is 2. The lowest BCUT2D eigenvalue weighted by molar-refractivity contribution is 0.613. The number of benzene rings is 1. The zero-order chi connectivity index (χ0) is 12.6. The second kappa shape index (κ2) is 5.27. The van der Waals surface area contributed by atoms with Crippen molar-refractivity contribution in [3.8, 4) is 0 Å². The van der Waals surface area contributed by atoms with Crippen LogP contribution >= 0.6 is 50.5 Å². The summed E-state index contributed by atoms with van der Waals surface area (Å²) in [7, 11) is 0. The SMILES string of the molecule is Cc1cc(C(Cl)c2ccc(Cl)cc2F)sc1Br. The fraction of sp³-hybridized carbons (Fsp3) is 0.167. The van der Waals surface area contributed by atoms with Crippen molar-refractivity contribution in [1.29, 1.82) is 0 Å². The molecule has 1 heterocycles. The normalized spacial score (nSPS) is 12.8. The summed E-state index contributed by atoms with van der Waals surface area (Å²) >= 11 is 16.9. The molecular formula is C12H8BrCl2FS. The number of halogens is 4. The van der Waals surface area contributed by atoms with Crippen LogP contribution in [0.5, 0.6) is 0 Å². The van der Waals surface area contributed by atoms with Crippen molar-refractivity contribution in [3.63, 3.8) is 0 Å². The van der Waals surface area contributed by atoms with Crippen molar-refractivity contribution in [1.82, 2.24) is 0 Å². The molecule has 2 rings (SSSR count). The first kappa shape index (κ1) is 13.3. The minimum absolute atomic E-state index is 0.374. The molecule has 5 heteroatoms. The van der Waals surface area contributed by atoms with Gasteiger partial charge in [0.05, 0.1) is 9.16 Å². The van der Waals surface area contributed by atoms with Crippen LogP contribution in [0, 0.1) is 12.7 Å². The summed E-state index contributed by atoms with van der Waals surface area (Å²) in [6.07, 6.45) is 0. The van der Waals surface area contributed by atoms with Gasteiger partial charge in [0.25, 0.3) is 0 Å². The van der Waals surface area contributed by atoms with Crippen molar-refractivity contribution in [3.05, 3.63) is 54.9 Å². The van der Waals surface area contributed by atoms with Gasteiger partial charge in [-0.2, -0.15) is 0 Å². The molecular weight excluding hydrogens is 346 g/mol. The Bertz CT molecular complexity index is 534. The maximum absolute atomic E-state index is 13.7. The molecule has 0 aliphatic rings. The molecule has 2 aromatic rings. The third kappa shape index (κ3) is 2.84. The Morgan fingerprint density at radius 1 is 1.35 bits per heavy atom. The van der Waals surface area contributed by atoms with Crippen molar-refractivity contribution < 1.29 is 4.39 Å². The highest BCUT2D eigenvalue weighted by molar-refractivity contribution is 9.11. The van der Waals surface area contributed by atoms with Gasteiger partial charge in [0.2, 0.25) is 0 Å². The average Bonchev–Trinajstić information content (AvgIpc) is 2.58. The summed E-state index contributed by atoms with van der Waals surface area (Å²) < 4.78 is 14.7. The van der Waals surface area contributed by atoms with Gasteiger partial charge in [0.1, 0.15) is 5.82 Å². The first-order valence-electron chi connectivity index (χ1n) is 4.84. The van der Waals surface area contributed by atoms with Crippen LogP contribution < -0.4 is 0 Å². The first-order valence-corrected chi connectivity index (χ1v) is 7.26. The van der Waals surface area contributed by atoms with Crippen LogP contribution in [0.15, 0.2) is 28.1 Å². The number of alkyl halides is 1. The quantitative estimate of drug-likeness (QED) is 0.586. The average molecular weight is 354 g/mol. The van der Waals surface area contributed by atoms with Crippen LogP contribution in [0.25, 0.3) is 0 Å². The van der Waals surface area contributed by atoms with Crippen LogP contribution in [0.3, 0.4) is 0 Å². The summed E-state index contributed by atoms with van der Waals surface area (Å²) in [5.74, 6) is -0.375. The number of thiophene rings is 1. The predicted octanol–water partition coefficient (Wildman–Crippen LogP) is 5.94. The van der Waals surface area contributed by atoms with Gasteiger partial charge >= 0.3 is 0 Å². The molecule has 0 spiro atoms. The Hall–Kier alpha value is -0.0900. The Labute approximate surface area is 121 Å². The zero-order valence-electron chi connectivity index (χ0n) is 8.81. The van der Waals surface area contributed by atoms with Crippen LogP contribution in [0.2, 0.25) is 5.02 Å². The standard InChI is InChI=1S/C12H8BrCl2FS/c1-6-4-10(17-12(6)13)11(15)8-3-2-7(14)5-9(8)16/h2-5,11H,1H3. The van der Waals surface area contributed by atoms with Gasteiger partial charge in [-0.05, 0) is 46.6 Å². The van der Waals surface area contributed by atoms with Gasteiger partial charge in [0, 0.05) is 15.5 Å². The lowest BCUT2D eigenvalue weighted by atomic mass is 10.1. The van der Waals surface area contributed by atoms with E-state index >= 15 is 0 Å². The molecule has 1 unspecified atom stereocenters. The second-order valence-corrected chi connectivity index (χ2v) is 6.91. The van der Waals surface area contributed by atoms with E-state index in [0.717, 1.165) is 14.2 Å². The largest absolute Gasteiger partial charge is 0.207 e. The summed E-state index contributed by atoms with van der Waals surface area (Å²) in [6.45, 7) is 1.98. The molecule has 90 valence electrons. The van der Waals surface area contributed by atoms with E-state index in [1.807, 2.05) is 13.0 Å². The molecule has 0 aliphatic carbocycles. The van der Waals surface area contributed by atoms with Gasteiger partial charge in [-0.1, -0.05) is 17.7 Å². The van der Waals surface area contributed by atoms with Crippen LogP contribution in [0.4, 0.5) is 4.39 Å². The number of hydrogen-bond donors (Lipinski definition) is 0. The highest BCUT2D eigenvalue weighted by atomic mass is 79.9. The van der Waals surface area contributed by atoms with E-state index in [1.54, 1.807) is 12.1 Å². The third-order valence-corrected chi connectivity index (χ3v) is 5.40. The minimum Gasteiger partial charge on any atom is -0.207 e. The molecule has 1 aromatic carbocycles. The Balaban J connectivity index is 2.39. The summed E-state index contributed by atoms with van der Waals surface area (Å²) in [4.78, 5) is 0.914. The maximum atomic E-state index is 13.7. The summed E-state index contributed by atoms with van der Waals surface area (Å²) in [5.41, 5.74) is 1.55. The lowest BCUT2D eigenvalue weighted by Gasteiger charge is -2.09. The number of hydrogen-bond acceptors (Lipinski definition) is 1. The van der Waals surface area contributed by atoms with Gasteiger partial charge in [-0.3, -0.25) is 0 Å². The van der Waals surface area contributed by atoms with Crippen molar-refractivity contribution >= 4 is 50.5 Å². The maximum Gasteiger partial charge on any atom is 0.129 e. The molecule has 0 fully saturated rings. The monoisotopic (exact) mass is 352 g/mol. The first-order chi connectivity index (χ1) is 7.99.